The van der Waals surface area contributed by atoms with Crippen molar-refractivity contribution < 1.29 is 4.92 Å². The van der Waals surface area contributed by atoms with Crippen LogP contribution in [0, 0.1) is 28.9 Å². The largest absolute Gasteiger partial charge is 0.382 e. The molecule has 0 bridgehead atoms. The molecule has 1 aromatic carbocycles. The fourth-order valence-electron chi connectivity index (χ4n) is 3.24. The van der Waals surface area contributed by atoms with Crippen molar-refractivity contribution in [2.24, 2.45) is 11.8 Å². The summed E-state index contributed by atoms with van der Waals surface area (Å²) in [5.41, 5.74) is 2.15. The van der Waals surface area contributed by atoms with E-state index >= 15 is 0 Å². The first-order chi connectivity index (χ1) is 9.97. The smallest absolute Gasteiger partial charge is 0.271 e. The first kappa shape index (κ1) is 15.8. The number of hydrogen-bond acceptors (Lipinski definition) is 3. The molecule has 2 atom stereocenters. The third-order valence-electron chi connectivity index (χ3n) is 4.75. The summed E-state index contributed by atoms with van der Waals surface area (Å²) in [6.07, 6.45) is 6.12. The van der Waals surface area contributed by atoms with E-state index in [0.29, 0.717) is 6.04 Å². The van der Waals surface area contributed by atoms with Crippen LogP contribution in [0.5, 0.6) is 0 Å². The Labute approximate surface area is 127 Å². The second-order valence-corrected chi connectivity index (χ2v) is 6.61. The van der Waals surface area contributed by atoms with E-state index in [2.05, 4.69) is 19.2 Å². The van der Waals surface area contributed by atoms with Gasteiger partial charge in [-0.25, -0.2) is 0 Å². The zero-order valence-electron chi connectivity index (χ0n) is 13.3. The van der Waals surface area contributed by atoms with Gasteiger partial charge in [0.1, 0.15) is 0 Å². The minimum absolute atomic E-state index is 0.164. The topological polar surface area (TPSA) is 55.2 Å². The summed E-state index contributed by atoms with van der Waals surface area (Å²) in [4.78, 5) is 10.6. The van der Waals surface area contributed by atoms with Crippen molar-refractivity contribution in [2.45, 2.75) is 58.9 Å². The van der Waals surface area contributed by atoms with Gasteiger partial charge in [-0.05, 0) is 43.6 Å². The lowest BCUT2D eigenvalue weighted by Crippen LogP contribution is -2.19. The molecule has 1 saturated carbocycles. The van der Waals surface area contributed by atoms with Gasteiger partial charge in [0.25, 0.3) is 5.69 Å². The van der Waals surface area contributed by atoms with E-state index in [1.165, 1.54) is 19.3 Å². The number of nitrogens with zero attached hydrogens (tertiary/aromatic N) is 1. The molecular formula is C17H26N2O2. The van der Waals surface area contributed by atoms with Gasteiger partial charge in [-0.1, -0.05) is 32.8 Å². The molecule has 1 aliphatic carbocycles. The molecule has 1 fully saturated rings. The zero-order chi connectivity index (χ0) is 15.4. The van der Waals surface area contributed by atoms with Crippen molar-refractivity contribution >= 4 is 11.4 Å². The summed E-state index contributed by atoms with van der Waals surface area (Å²) < 4.78 is 0. The fraction of sp³-hybridized carbons (Fsp3) is 0.647. The minimum Gasteiger partial charge on any atom is -0.382 e. The summed E-state index contributed by atoms with van der Waals surface area (Å²) in [6.45, 7) is 6.62. The van der Waals surface area contributed by atoms with Crippen LogP contribution in [0.3, 0.4) is 0 Å². The molecule has 0 amide bonds. The summed E-state index contributed by atoms with van der Waals surface area (Å²) in [7, 11) is 0. The molecule has 0 spiro atoms. The molecule has 0 radical (unpaired) electrons. The van der Waals surface area contributed by atoms with Crippen molar-refractivity contribution in [1.82, 2.24) is 0 Å². The van der Waals surface area contributed by atoms with Crippen LogP contribution in [0.4, 0.5) is 11.4 Å². The monoisotopic (exact) mass is 290 g/mol. The molecule has 116 valence electrons. The highest BCUT2D eigenvalue weighted by molar-refractivity contribution is 5.57. The number of anilines is 1. The number of rotatable bonds is 4. The molecule has 0 saturated heterocycles. The molecular weight excluding hydrogens is 264 g/mol. The summed E-state index contributed by atoms with van der Waals surface area (Å²) in [5, 5.41) is 14.4. The normalized spacial score (nSPS) is 22.9. The fourth-order valence-corrected chi connectivity index (χ4v) is 3.24. The Morgan fingerprint density at radius 1 is 1.24 bits per heavy atom. The van der Waals surface area contributed by atoms with E-state index in [4.69, 9.17) is 0 Å². The molecule has 1 aliphatic rings. The van der Waals surface area contributed by atoms with Gasteiger partial charge in [-0.3, -0.25) is 10.1 Å². The van der Waals surface area contributed by atoms with Gasteiger partial charge in [0.15, 0.2) is 0 Å². The molecule has 2 rings (SSSR count). The summed E-state index contributed by atoms with van der Waals surface area (Å²) in [6, 6.07) is 5.51. The molecule has 4 nitrogen and oxygen atoms in total. The standard InChI is InChI=1S/C17H26N2O2/c1-12(2)14-5-4-6-15(9-8-14)18-17-11-16(19(20)21)10-7-13(17)3/h7,10-12,14-15,18H,4-6,8-9H2,1-3H3. The van der Waals surface area contributed by atoms with Gasteiger partial charge in [-0.15, -0.1) is 0 Å². The number of non-ortho nitro benzene ring substituents is 1. The molecule has 0 aliphatic heterocycles. The van der Waals surface area contributed by atoms with E-state index in [1.807, 2.05) is 13.0 Å². The second kappa shape index (κ2) is 6.92. The highest BCUT2D eigenvalue weighted by Crippen LogP contribution is 2.31. The quantitative estimate of drug-likeness (QED) is 0.486. The summed E-state index contributed by atoms with van der Waals surface area (Å²) in [5.74, 6) is 1.58. The van der Waals surface area contributed by atoms with Crippen molar-refractivity contribution in [2.75, 3.05) is 5.32 Å². The molecule has 1 aromatic rings. The maximum Gasteiger partial charge on any atom is 0.271 e. The lowest BCUT2D eigenvalue weighted by molar-refractivity contribution is -0.384. The van der Waals surface area contributed by atoms with Crippen LogP contribution in [0.2, 0.25) is 0 Å². The third kappa shape index (κ3) is 4.19. The average molecular weight is 290 g/mol. The van der Waals surface area contributed by atoms with E-state index in [9.17, 15) is 10.1 Å². The van der Waals surface area contributed by atoms with Gasteiger partial charge in [0.05, 0.1) is 4.92 Å². The number of aryl methyl sites for hydroxylation is 1. The Hall–Kier alpha value is -1.58. The number of nitrogens with one attached hydrogen (secondary N) is 1. The minimum atomic E-state index is -0.327. The average Bonchev–Trinajstić information content (AvgIpc) is 2.66. The van der Waals surface area contributed by atoms with Gasteiger partial charge in [0.2, 0.25) is 0 Å². The van der Waals surface area contributed by atoms with Gasteiger partial charge >= 0.3 is 0 Å². The van der Waals surface area contributed by atoms with Crippen LogP contribution in [0.25, 0.3) is 0 Å². The Bertz CT molecular complexity index is 500. The van der Waals surface area contributed by atoms with Crippen molar-refractivity contribution in [3.63, 3.8) is 0 Å². The third-order valence-corrected chi connectivity index (χ3v) is 4.75. The molecule has 2 unspecified atom stereocenters. The highest BCUT2D eigenvalue weighted by Gasteiger charge is 2.21. The summed E-state index contributed by atoms with van der Waals surface area (Å²) >= 11 is 0. The lowest BCUT2D eigenvalue weighted by Gasteiger charge is -2.20. The zero-order valence-corrected chi connectivity index (χ0v) is 13.3. The van der Waals surface area contributed by atoms with E-state index < -0.39 is 0 Å². The highest BCUT2D eigenvalue weighted by atomic mass is 16.6. The second-order valence-electron chi connectivity index (χ2n) is 6.61. The molecule has 0 heterocycles. The van der Waals surface area contributed by atoms with Crippen molar-refractivity contribution in [3.8, 4) is 0 Å². The van der Waals surface area contributed by atoms with E-state index in [-0.39, 0.29) is 10.6 Å². The predicted octanol–water partition coefficient (Wildman–Crippen LogP) is 4.92. The number of nitro benzene ring substituents is 1. The first-order valence-electron chi connectivity index (χ1n) is 7.99. The van der Waals surface area contributed by atoms with Crippen LogP contribution in [-0.2, 0) is 0 Å². The molecule has 4 heteroatoms. The first-order valence-corrected chi connectivity index (χ1v) is 7.99. The van der Waals surface area contributed by atoms with Crippen molar-refractivity contribution in [3.05, 3.63) is 33.9 Å². The Morgan fingerprint density at radius 3 is 2.67 bits per heavy atom. The SMILES string of the molecule is Cc1ccc([N+](=O)[O-])cc1NC1CCCC(C(C)C)CC1. The van der Waals surface area contributed by atoms with E-state index in [1.54, 1.807) is 12.1 Å². The maximum atomic E-state index is 10.9. The van der Waals surface area contributed by atoms with Crippen LogP contribution in [0.1, 0.15) is 51.5 Å². The van der Waals surface area contributed by atoms with Crippen molar-refractivity contribution in [1.29, 1.82) is 0 Å². The Balaban J connectivity index is 2.04. The van der Waals surface area contributed by atoms with Crippen LogP contribution in [-0.4, -0.2) is 11.0 Å². The lowest BCUT2D eigenvalue weighted by atomic mass is 9.89. The number of nitro groups is 1. The maximum absolute atomic E-state index is 10.9. The Morgan fingerprint density at radius 2 is 2.00 bits per heavy atom. The van der Waals surface area contributed by atoms with E-state index in [0.717, 1.165) is 35.9 Å². The number of benzene rings is 1. The molecule has 21 heavy (non-hydrogen) atoms. The Kier molecular flexibility index (Phi) is 5.21. The molecule has 1 N–H and O–H groups in total. The van der Waals surface area contributed by atoms with Crippen LogP contribution >= 0.6 is 0 Å². The van der Waals surface area contributed by atoms with Gasteiger partial charge in [0, 0.05) is 23.9 Å². The molecule has 0 aromatic heterocycles. The predicted molar refractivity (Wildman–Crippen MR) is 86.7 cm³/mol. The number of hydrogen-bond donors (Lipinski definition) is 1. The van der Waals surface area contributed by atoms with Gasteiger partial charge < -0.3 is 5.32 Å². The van der Waals surface area contributed by atoms with Gasteiger partial charge in [-0.2, -0.15) is 0 Å². The van der Waals surface area contributed by atoms with Crippen LogP contribution in [0.15, 0.2) is 18.2 Å². The van der Waals surface area contributed by atoms with Crippen LogP contribution < -0.4 is 5.32 Å².